The maximum atomic E-state index is 5.69. The Morgan fingerprint density at radius 2 is 2.08 bits per heavy atom. The van der Waals surface area contributed by atoms with Crippen LogP contribution in [0.3, 0.4) is 0 Å². The molecule has 0 spiro atoms. The molecule has 0 fully saturated rings. The molecule has 1 rings (SSSR count). The largest absolute Gasteiger partial charge is 0.244 e. The zero-order valence-corrected chi connectivity index (χ0v) is 9.91. The molecule has 0 saturated heterocycles. The Morgan fingerprint density at radius 1 is 1.50 bits per heavy atom. The summed E-state index contributed by atoms with van der Waals surface area (Å²) in [5.74, 6) is 0. The van der Waals surface area contributed by atoms with Gasteiger partial charge in [0.15, 0.2) is 4.60 Å². The molecule has 12 heavy (non-hydrogen) atoms. The van der Waals surface area contributed by atoms with Crippen molar-refractivity contribution in [1.29, 1.82) is 0 Å². The zero-order chi connectivity index (χ0) is 9.35. The summed E-state index contributed by atoms with van der Waals surface area (Å²) in [6, 6.07) is 0. The molecule has 0 aromatic carbocycles. The molecule has 0 aliphatic carbocycles. The predicted molar refractivity (Wildman–Crippen MR) is 52.6 cm³/mol. The second-order valence-corrected chi connectivity index (χ2v) is 5.07. The summed E-state index contributed by atoms with van der Waals surface area (Å²) in [5, 5.41) is 7.50. The fourth-order valence-electron chi connectivity index (χ4n) is 0.776. The normalized spacial score (nSPS) is 12.1. The summed E-state index contributed by atoms with van der Waals surface area (Å²) in [6.07, 6.45) is 0. The second-order valence-electron chi connectivity index (χ2n) is 2.04. The first-order chi connectivity index (χ1) is 5.46. The molecule has 0 unspecified atom stereocenters. The Kier molecular flexibility index (Phi) is 3.26. The lowest BCUT2D eigenvalue weighted by molar-refractivity contribution is 0.602. The van der Waals surface area contributed by atoms with Gasteiger partial charge in [-0.2, -0.15) is 0 Å². The Labute approximate surface area is 93.1 Å². The molecule has 3 nitrogen and oxygen atoms in total. The van der Waals surface area contributed by atoms with Gasteiger partial charge in [-0.3, -0.25) is 0 Å². The van der Waals surface area contributed by atoms with Crippen LogP contribution in [0.4, 0.5) is 0 Å². The highest BCUT2D eigenvalue weighted by atomic mass is 79.9. The zero-order valence-electron chi connectivity index (χ0n) is 6.06. The van der Waals surface area contributed by atoms with Crippen molar-refractivity contribution in [3.8, 4) is 0 Å². The number of alkyl halides is 3. The third-order valence-corrected chi connectivity index (χ3v) is 2.33. The third kappa shape index (κ3) is 2.05. The van der Waals surface area contributed by atoms with E-state index in [1.165, 1.54) is 4.68 Å². The molecule has 0 bridgehead atoms. The van der Waals surface area contributed by atoms with Gasteiger partial charge in [-0.1, -0.05) is 40.0 Å². The highest BCUT2D eigenvalue weighted by molar-refractivity contribution is 9.10. The van der Waals surface area contributed by atoms with Gasteiger partial charge in [-0.15, -0.1) is 5.10 Å². The number of aryl methyl sites for hydroxylation is 1. The van der Waals surface area contributed by atoms with Gasteiger partial charge in [0.05, 0.1) is 0 Å². The van der Waals surface area contributed by atoms with Gasteiger partial charge in [0.25, 0.3) is 0 Å². The highest BCUT2D eigenvalue weighted by Gasteiger charge is 2.31. The quantitative estimate of drug-likeness (QED) is 0.745. The van der Waals surface area contributed by atoms with Crippen LogP contribution in [0.25, 0.3) is 0 Å². The molecule has 7 heteroatoms. The van der Waals surface area contributed by atoms with Gasteiger partial charge in [-0.25, -0.2) is 4.68 Å². The van der Waals surface area contributed by atoms with E-state index in [9.17, 15) is 0 Å². The standard InChI is InChI=1S/C5H5BrCl3N3/c1-2-12-3(5(7,8)9)4(6)10-11-12/h2H2,1H3. The van der Waals surface area contributed by atoms with Crippen LogP contribution in [0.5, 0.6) is 0 Å². The van der Waals surface area contributed by atoms with E-state index in [-0.39, 0.29) is 0 Å². The first kappa shape index (κ1) is 10.6. The first-order valence-corrected chi connectivity index (χ1v) is 5.05. The molecular formula is C5H5BrCl3N3. The average Bonchev–Trinajstić information content (AvgIpc) is 2.29. The minimum Gasteiger partial charge on any atom is -0.244 e. The van der Waals surface area contributed by atoms with E-state index < -0.39 is 3.79 Å². The molecule has 0 radical (unpaired) electrons. The molecular weight excluding hydrogens is 288 g/mol. The SMILES string of the molecule is CCn1nnc(Br)c1C(Cl)(Cl)Cl. The lowest BCUT2D eigenvalue weighted by Gasteiger charge is -2.11. The third-order valence-electron chi connectivity index (χ3n) is 1.26. The highest BCUT2D eigenvalue weighted by Crippen LogP contribution is 2.40. The van der Waals surface area contributed by atoms with Gasteiger partial charge in [-0.05, 0) is 22.9 Å². The van der Waals surface area contributed by atoms with E-state index >= 15 is 0 Å². The molecule has 0 saturated carbocycles. The average molecular weight is 293 g/mol. The van der Waals surface area contributed by atoms with Gasteiger partial charge < -0.3 is 0 Å². The molecule has 1 aromatic heterocycles. The molecule has 0 N–H and O–H groups in total. The lowest BCUT2D eigenvalue weighted by atomic mass is 10.5. The van der Waals surface area contributed by atoms with Crippen molar-refractivity contribution in [3.05, 3.63) is 10.3 Å². The molecule has 0 aliphatic rings. The van der Waals surface area contributed by atoms with Gasteiger partial charge >= 0.3 is 0 Å². The Bertz CT molecular complexity index is 280. The van der Waals surface area contributed by atoms with E-state index in [0.29, 0.717) is 16.8 Å². The van der Waals surface area contributed by atoms with Crippen molar-refractivity contribution in [1.82, 2.24) is 15.0 Å². The van der Waals surface area contributed by atoms with Crippen LogP contribution in [0, 0.1) is 0 Å². The van der Waals surface area contributed by atoms with Gasteiger partial charge in [0, 0.05) is 6.54 Å². The Balaban J connectivity index is 3.19. The van der Waals surface area contributed by atoms with Gasteiger partial charge in [0.2, 0.25) is 3.79 Å². The number of hydrogen-bond donors (Lipinski definition) is 0. The van der Waals surface area contributed by atoms with Crippen LogP contribution < -0.4 is 0 Å². The van der Waals surface area contributed by atoms with Crippen LogP contribution in [0.2, 0.25) is 0 Å². The van der Waals surface area contributed by atoms with E-state index in [4.69, 9.17) is 34.8 Å². The van der Waals surface area contributed by atoms with Crippen LogP contribution in [-0.2, 0) is 10.3 Å². The smallest absolute Gasteiger partial charge is 0.235 e. The number of hydrogen-bond acceptors (Lipinski definition) is 2. The maximum Gasteiger partial charge on any atom is 0.235 e. The van der Waals surface area contributed by atoms with E-state index in [1.807, 2.05) is 6.92 Å². The van der Waals surface area contributed by atoms with Crippen molar-refractivity contribution < 1.29 is 0 Å². The molecule has 1 aromatic rings. The first-order valence-electron chi connectivity index (χ1n) is 3.13. The number of aromatic nitrogens is 3. The van der Waals surface area contributed by atoms with E-state index in [0.717, 1.165) is 0 Å². The lowest BCUT2D eigenvalue weighted by Crippen LogP contribution is -2.11. The molecule has 1 heterocycles. The van der Waals surface area contributed by atoms with Crippen LogP contribution in [-0.4, -0.2) is 15.0 Å². The van der Waals surface area contributed by atoms with Crippen molar-refractivity contribution in [2.75, 3.05) is 0 Å². The van der Waals surface area contributed by atoms with Crippen LogP contribution in [0.15, 0.2) is 4.60 Å². The van der Waals surface area contributed by atoms with E-state index in [1.54, 1.807) is 0 Å². The summed E-state index contributed by atoms with van der Waals surface area (Å²) in [7, 11) is 0. The molecule has 0 aliphatic heterocycles. The molecule has 68 valence electrons. The van der Waals surface area contributed by atoms with Crippen molar-refractivity contribution in [2.45, 2.75) is 17.3 Å². The number of nitrogens with zero attached hydrogens (tertiary/aromatic N) is 3. The van der Waals surface area contributed by atoms with Crippen molar-refractivity contribution in [2.24, 2.45) is 0 Å². The fraction of sp³-hybridized carbons (Fsp3) is 0.600. The number of halogens is 4. The van der Waals surface area contributed by atoms with Crippen LogP contribution >= 0.6 is 50.7 Å². The predicted octanol–water partition coefficient (Wildman–Crippen LogP) is 2.89. The van der Waals surface area contributed by atoms with Crippen molar-refractivity contribution >= 4 is 50.7 Å². The minimum absolute atomic E-state index is 0.454. The molecule has 0 amide bonds. The second kappa shape index (κ2) is 3.70. The van der Waals surface area contributed by atoms with Crippen LogP contribution in [0.1, 0.15) is 12.6 Å². The van der Waals surface area contributed by atoms with Crippen molar-refractivity contribution in [3.63, 3.8) is 0 Å². The summed E-state index contributed by atoms with van der Waals surface area (Å²) >= 11 is 20.2. The molecule has 0 atom stereocenters. The summed E-state index contributed by atoms with van der Waals surface area (Å²) in [5.41, 5.74) is 0.454. The summed E-state index contributed by atoms with van der Waals surface area (Å²) < 4.78 is 0.499. The topological polar surface area (TPSA) is 30.7 Å². The Morgan fingerprint density at radius 3 is 2.42 bits per heavy atom. The maximum absolute atomic E-state index is 5.69. The monoisotopic (exact) mass is 291 g/mol. The van der Waals surface area contributed by atoms with E-state index in [2.05, 4.69) is 26.2 Å². The fourth-order valence-corrected chi connectivity index (χ4v) is 2.25. The number of rotatable bonds is 1. The minimum atomic E-state index is -1.49. The Hall–Kier alpha value is 0.490. The van der Waals surface area contributed by atoms with Gasteiger partial charge in [0.1, 0.15) is 5.69 Å². The summed E-state index contributed by atoms with van der Waals surface area (Å²) in [6.45, 7) is 2.50. The summed E-state index contributed by atoms with van der Waals surface area (Å²) in [4.78, 5) is 0.